The van der Waals surface area contributed by atoms with Crippen LogP contribution in [0.5, 0.6) is 0 Å². The number of nitrogens with one attached hydrogen (secondary N) is 1. The minimum Gasteiger partial charge on any atom is -0.321 e. The van der Waals surface area contributed by atoms with E-state index in [1.54, 1.807) is 18.3 Å². The highest BCUT2D eigenvalue weighted by Gasteiger charge is 2.18. The molecule has 3 heterocycles. The number of rotatable bonds is 3. The Bertz CT molecular complexity index is 1340. The maximum absolute atomic E-state index is 13.2. The van der Waals surface area contributed by atoms with Crippen LogP contribution in [0.2, 0.25) is 0 Å². The van der Waals surface area contributed by atoms with Crippen molar-refractivity contribution in [3.05, 3.63) is 84.2 Å². The second-order valence-corrected chi connectivity index (χ2v) is 7.70. The predicted molar refractivity (Wildman–Crippen MR) is 117 cm³/mol. The number of aryl methyl sites for hydroxylation is 1. The molecule has 0 atom stereocenters. The minimum atomic E-state index is -0.219. The molecule has 0 aliphatic carbocycles. The first-order chi connectivity index (χ1) is 14.2. The number of anilines is 1. The standard InChI is InChI=1S/C23H16N4OS/c1-14-13-19(15-7-2-3-9-17(15)25-14)26-22(28)16-8-6-12-24-21(16)23-27-18-10-4-5-11-20(18)29-23/h2-13H,1H3,(H,25,26,28). The van der Waals surface area contributed by atoms with E-state index in [0.717, 1.165) is 37.5 Å². The van der Waals surface area contributed by atoms with Gasteiger partial charge < -0.3 is 5.32 Å². The third-order valence-electron chi connectivity index (χ3n) is 4.64. The Hall–Kier alpha value is -3.64. The van der Waals surface area contributed by atoms with E-state index in [-0.39, 0.29) is 5.91 Å². The number of thiazole rings is 1. The van der Waals surface area contributed by atoms with Crippen molar-refractivity contribution in [2.24, 2.45) is 0 Å². The summed E-state index contributed by atoms with van der Waals surface area (Å²) in [6.45, 7) is 1.92. The zero-order valence-electron chi connectivity index (χ0n) is 15.6. The summed E-state index contributed by atoms with van der Waals surface area (Å²) in [6.07, 6.45) is 1.68. The third kappa shape index (κ3) is 3.23. The average molecular weight is 396 g/mol. The number of carbonyl (C=O) groups excluding carboxylic acids is 1. The van der Waals surface area contributed by atoms with E-state index >= 15 is 0 Å². The lowest BCUT2D eigenvalue weighted by atomic mass is 10.1. The molecule has 0 saturated heterocycles. The number of pyridine rings is 2. The van der Waals surface area contributed by atoms with E-state index in [9.17, 15) is 4.79 Å². The van der Waals surface area contributed by atoms with Crippen LogP contribution in [0.1, 0.15) is 16.1 Å². The van der Waals surface area contributed by atoms with Crippen LogP contribution >= 0.6 is 11.3 Å². The van der Waals surface area contributed by atoms with Gasteiger partial charge in [-0.05, 0) is 43.3 Å². The predicted octanol–water partition coefficient (Wildman–Crippen LogP) is 5.47. The molecule has 1 amide bonds. The van der Waals surface area contributed by atoms with E-state index < -0.39 is 0 Å². The molecule has 5 rings (SSSR count). The highest BCUT2D eigenvalue weighted by atomic mass is 32.1. The molecule has 3 aromatic heterocycles. The summed E-state index contributed by atoms with van der Waals surface area (Å²) in [4.78, 5) is 26.8. The van der Waals surface area contributed by atoms with Crippen LogP contribution in [0, 0.1) is 6.92 Å². The lowest BCUT2D eigenvalue weighted by molar-refractivity contribution is 0.102. The summed E-state index contributed by atoms with van der Waals surface area (Å²) in [5.74, 6) is -0.219. The van der Waals surface area contributed by atoms with Crippen LogP contribution in [-0.2, 0) is 0 Å². The number of hydrogen-bond donors (Lipinski definition) is 1. The number of carbonyl (C=O) groups is 1. The van der Waals surface area contributed by atoms with Gasteiger partial charge >= 0.3 is 0 Å². The molecule has 1 N–H and O–H groups in total. The minimum absolute atomic E-state index is 0.219. The quantitative estimate of drug-likeness (QED) is 0.439. The fraction of sp³-hybridized carbons (Fsp3) is 0.0435. The molecule has 0 saturated carbocycles. The summed E-state index contributed by atoms with van der Waals surface area (Å²) in [5.41, 5.74) is 4.40. The molecule has 5 aromatic rings. The molecule has 0 bridgehead atoms. The van der Waals surface area contributed by atoms with Crippen molar-refractivity contribution >= 4 is 44.1 Å². The molecular formula is C23H16N4OS. The molecule has 140 valence electrons. The van der Waals surface area contributed by atoms with Gasteiger partial charge in [0.15, 0.2) is 0 Å². The smallest absolute Gasteiger partial charge is 0.257 e. The van der Waals surface area contributed by atoms with Gasteiger partial charge in [-0.15, -0.1) is 11.3 Å². The van der Waals surface area contributed by atoms with Gasteiger partial charge in [-0.1, -0.05) is 30.3 Å². The Kier molecular flexibility index (Phi) is 4.26. The Morgan fingerprint density at radius 3 is 2.59 bits per heavy atom. The van der Waals surface area contributed by atoms with Crippen molar-refractivity contribution in [3.63, 3.8) is 0 Å². The van der Waals surface area contributed by atoms with E-state index in [4.69, 9.17) is 0 Å². The largest absolute Gasteiger partial charge is 0.321 e. The van der Waals surface area contributed by atoms with Crippen molar-refractivity contribution in [1.29, 1.82) is 0 Å². The van der Waals surface area contributed by atoms with Crippen molar-refractivity contribution < 1.29 is 4.79 Å². The summed E-state index contributed by atoms with van der Waals surface area (Å²) >= 11 is 1.53. The number of aromatic nitrogens is 3. The molecule has 5 nitrogen and oxygen atoms in total. The number of nitrogens with zero attached hydrogens (tertiary/aromatic N) is 3. The van der Waals surface area contributed by atoms with Gasteiger partial charge in [-0.25, -0.2) is 4.98 Å². The van der Waals surface area contributed by atoms with E-state index in [1.807, 2.05) is 61.5 Å². The van der Waals surface area contributed by atoms with Gasteiger partial charge in [-0.3, -0.25) is 14.8 Å². The number of fused-ring (bicyclic) bond motifs is 2. The molecule has 0 fully saturated rings. The van der Waals surface area contributed by atoms with Gasteiger partial charge in [0.05, 0.1) is 27.0 Å². The van der Waals surface area contributed by atoms with Gasteiger partial charge in [0.2, 0.25) is 0 Å². The van der Waals surface area contributed by atoms with Crippen molar-refractivity contribution in [2.45, 2.75) is 6.92 Å². The summed E-state index contributed by atoms with van der Waals surface area (Å²) in [6, 6.07) is 21.1. The molecule has 0 spiro atoms. The van der Waals surface area contributed by atoms with Gasteiger partial charge in [0.1, 0.15) is 10.7 Å². The molecule has 0 unspecified atom stereocenters. The number of hydrogen-bond acceptors (Lipinski definition) is 5. The molecule has 0 aliphatic rings. The van der Waals surface area contributed by atoms with Gasteiger partial charge in [0.25, 0.3) is 5.91 Å². The zero-order valence-corrected chi connectivity index (χ0v) is 16.4. The van der Waals surface area contributed by atoms with Crippen molar-refractivity contribution in [1.82, 2.24) is 15.0 Å². The number of para-hydroxylation sites is 2. The maximum atomic E-state index is 13.2. The van der Waals surface area contributed by atoms with Gasteiger partial charge in [-0.2, -0.15) is 0 Å². The summed E-state index contributed by atoms with van der Waals surface area (Å²) in [7, 11) is 0. The Balaban J connectivity index is 1.56. The fourth-order valence-corrected chi connectivity index (χ4v) is 4.31. The molecule has 0 radical (unpaired) electrons. The van der Waals surface area contributed by atoms with E-state index in [2.05, 4.69) is 20.3 Å². The first kappa shape index (κ1) is 17.5. The Labute approximate surface area is 171 Å². The molecule has 2 aromatic carbocycles. The van der Waals surface area contributed by atoms with Crippen LogP contribution in [0.15, 0.2) is 72.9 Å². The number of benzene rings is 2. The fourth-order valence-electron chi connectivity index (χ4n) is 3.33. The highest BCUT2D eigenvalue weighted by molar-refractivity contribution is 7.21. The second-order valence-electron chi connectivity index (χ2n) is 6.67. The number of amides is 1. The highest BCUT2D eigenvalue weighted by Crippen LogP contribution is 2.31. The second kappa shape index (κ2) is 7.07. The van der Waals surface area contributed by atoms with Crippen LogP contribution in [0.25, 0.3) is 31.8 Å². The third-order valence-corrected chi connectivity index (χ3v) is 5.68. The summed E-state index contributed by atoms with van der Waals surface area (Å²) in [5, 5.41) is 4.67. The van der Waals surface area contributed by atoms with E-state index in [0.29, 0.717) is 11.3 Å². The van der Waals surface area contributed by atoms with Crippen LogP contribution in [0.3, 0.4) is 0 Å². The topological polar surface area (TPSA) is 67.8 Å². The normalized spacial score (nSPS) is 11.1. The zero-order chi connectivity index (χ0) is 19.8. The first-order valence-electron chi connectivity index (χ1n) is 9.18. The maximum Gasteiger partial charge on any atom is 0.257 e. The average Bonchev–Trinajstić information content (AvgIpc) is 3.18. The molecule has 29 heavy (non-hydrogen) atoms. The van der Waals surface area contributed by atoms with Crippen molar-refractivity contribution in [3.8, 4) is 10.7 Å². The van der Waals surface area contributed by atoms with Crippen LogP contribution in [-0.4, -0.2) is 20.9 Å². The summed E-state index contributed by atoms with van der Waals surface area (Å²) < 4.78 is 1.07. The first-order valence-corrected chi connectivity index (χ1v) is 9.99. The van der Waals surface area contributed by atoms with E-state index in [1.165, 1.54) is 11.3 Å². The monoisotopic (exact) mass is 396 g/mol. The van der Waals surface area contributed by atoms with Crippen LogP contribution < -0.4 is 5.32 Å². The lowest BCUT2D eigenvalue weighted by Gasteiger charge is -2.11. The SMILES string of the molecule is Cc1cc(NC(=O)c2cccnc2-c2nc3ccccc3s2)c2ccccc2n1. The molecular weight excluding hydrogens is 380 g/mol. The molecule has 0 aliphatic heterocycles. The molecule has 6 heteroatoms. The lowest BCUT2D eigenvalue weighted by Crippen LogP contribution is -2.14. The Morgan fingerprint density at radius 2 is 1.72 bits per heavy atom. The van der Waals surface area contributed by atoms with Gasteiger partial charge in [0, 0.05) is 17.3 Å². The van der Waals surface area contributed by atoms with Crippen LogP contribution in [0.4, 0.5) is 5.69 Å². The van der Waals surface area contributed by atoms with Crippen molar-refractivity contribution in [2.75, 3.05) is 5.32 Å². The Morgan fingerprint density at radius 1 is 0.931 bits per heavy atom.